The Morgan fingerprint density at radius 3 is 2.37 bits per heavy atom. The predicted octanol–water partition coefficient (Wildman–Crippen LogP) is 11.0. The van der Waals surface area contributed by atoms with Gasteiger partial charge < -0.3 is 20.8 Å². The van der Waals surface area contributed by atoms with Gasteiger partial charge in [0.15, 0.2) is 0 Å². The van der Waals surface area contributed by atoms with Crippen molar-refractivity contribution in [1.29, 1.82) is 0 Å². The lowest BCUT2D eigenvalue weighted by Gasteiger charge is -2.18. The largest absolute Gasteiger partial charge is 0.456 e. The molecule has 0 aliphatic carbocycles. The molecule has 0 saturated carbocycles. The van der Waals surface area contributed by atoms with Crippen LogP contribution >= 0.6 is 0 Å². The number of hydrogen-bond donors (Lipinski definition) is 3. The Labute approximate surface area is 323 Å². The van der Waals surface area contributed by atoms with E-state index in [1.165, 1.54) is 35.7 Å². The van der Waals surface area contributed by atoms with Crippen LogP contribution in [0.25, 0.3) is 33.6 Å². The summed E-state index contributed by atoms with van der Waals surface area (Å²) in [6, 6.07) is 16.1. The topological polar surface area (TPSA) is 111 Å². The summed E-state index contributed by atoms with van der Waals surface area (Å²) in [5.74, 6) is 1.72. The maximum atomic E-state index is 13.3. The summed E-state index contributed by atoms with van der Waals surface area (Å²) in [5.41, 5.74) is 13.5. The van der Waals surface area contributed by atoms with Crippen molar-refractivity contribution in [3.63, 3.8) is 0 Å². The van der Waals surface area contributed by atoms with Crippen LogP contribution in [0.5, 0.6) is 0 Å². The number of benzene rings is 2. The van der Waals surface area contributed by atoms with Crippen LogP contribution in [-0.2, 0) is 6.54 Å². The third-order valence-electron chi connectivity index (χ3n) is 9.34. The molecule has 288 valence electrons. The summed E-state index contributed by atoms with van der Waals surface area (Å²) >= 11 is 0. The zero-order valence-corrected chi connectivity index (χ0v) is 33.9. The van der Waals surface area contributed by atoms with Crippen LogP contribution in [0.3, 0.4) is 0 Å². The molecule has 5 aromatic rings. The number of likely N-dealkylation sites (N-methyl/N-ethyl adjacent to an activating group) is 1. The zero-order chi connectivity index (χ0) is 39.6. The molecule has 3 heterocycles. The van der Waals surface area contributed by atoms with Gasteiger partial charge in [0.25, 0.3) is 5.56 Å². The Morgan fingerprint density at radius 1 is 1.00 bits per heavy atom. The molecule has 0 saturated heterocycles. The average molecular weight is 731 g/mol. The number of rotatable bonds is 14. The lowest BCUT2D eigenvalue weighted by molar-refractivity contribution is 0.534. The van der Waals surface area contributed by atoms with Crippen LogP contribution in [0.2, 0.25) is 0 Å². The molecule has 1 unspecified atom stereocenters. The Kier molecular flexibility index (Phi) is 17.7. The van der Waals surface area contributed by atoms with Crippen LogP contribution in [0, 0.1) is 5.92 Å². The molecule has 8 heteroatoms. The third-order valence-corrected chi connectivity index (χ3v) is 9.34. The van der Waals surface area contributed by atoms with E-state index in [1.807, 2.05) is 75.8 Å². The molecule has 0 radical (unpaired) electrons. The first-order valence-corrected chi connectivity index (χ1v) is 19.3. The van der Waals surface area contributed by atoms with Crippen molar-refractivity contribution in [1.82, 2.24) is 19.9 Å². The molecule has 0 spiro atoms. The molecule has 2 atom stereocenters. The molecule has 4 N–H and O–H groups in total. The smallest absolute Gasteiger partial charge is 0.277 e. The number of nitrogens with one attached hydrogen (secondary N) is 2. The van der Waals surface area contributed by atoms with E-state index in [9.17, 15) is 4.79 Å². The molecule has 0 fully saturated rings. The van der Waals surface area contributed by atoms with E-state index in [0.717, 1.165) is 40.5 Å². The van der Waals surface area contributed by atoms with Gasteiger partial charge >= 0.3 is 0 Å². The summed E-state index contributed by atoms with van der Waals surface area (Å²) in [5, 5.41) is 8.62. The molecule has 0 aliphatic rings. The summed E-state index contributed by atoms with van der Waals surface area (Å²) in [7, 11) is 1.97. The second-order valence-corrected chi connectivity index (χ2v) is 13.9. The van der Waals surface area contributed by atoms with Crippen molar-refractivity contribution in [2.24, 2.45) is 11.7 Å². The molecular weight excluding hydrogens is 669 g/mol. The van der Waals surface area contributed by atoms with Gasteiger partial charge in [-0.1, -0.05) is 109 Å². The molecule has 3 aromatic heterocycles. The molecule has 0 aliphatic heterocycles. The van der Waals surface area contributed by atoms with Crippen molar-refractivity contribution >= 4 is 39.3 Å². The normalized spacial score (nSPS) is 13.0. The van der Waals surface area contributed by atoms with Crippen molar-refractivity contribution in [3.8, 4) is 0 Å². The van der Waals surface area contributed by atoms with Gasteiger partial charge in [-0.2, -0.15) is 0 Å². The molecule has 0 amide bonds. The average Bonchev–Trinajstić information content (AvgIpc) is 3.55. The first kappa shape index (κ1) is 43.2. The number of nitrogens with two attached hydrogens (primary N) is 1. The van der Waals surface area contributed by atoms with Gasteiger partial charge in [-0.3, -0.25) is 14.3 Å². The lowest BCUT2D eigenvalue weighted by atomic mass is 9.88. The summed E-state index contributed by atoms with van der Waals surface area (Å²) in [4.78, 5) is 22.1. The highest BCUT2D eigenvalue weighted by molar-refractivity contribution is 6.05. The summed E-state index contributed by atoms with van der Waals surface area (Å²) in [6.07, 6.45) is 18.2. The first-order chi connectivity index (χ1) is 26.0. The molecular formula is C46H62N6O2. The number of fused-ring (bicyclic) bond motifs is 3. The minimum absolute atomic E-state index is 0.120. The van der Waals surface area contributed by atoms with Gasteiger partial charge in [0, 0.05) is 54.1 Å². The van der Waals surface area contributed by atoms with Crippen LogP contribution < -0.4 is 21.9 Å². The highest BCUT2D eigenvalue weighted by atomic mass is 16.3. The van der Waals surface area contributed by atoms with E-state index < -0.39 is 0 Å². The van der Waals surface area contributed by atoms with E-state index in [1.54, 1.807) is 16.8 Å². The quantitative estimate of drug-likeness (QED) is 0.0770. The van der Waals surface area contributed by atoms with Crippen LogP contribution in [0.4, 0.5) is 5.69 Å². The second kappa shape index (κ2) is 22.1. The number of unbranched alkanes of at least 4 members (excludes halogenated alkanes) is 1. The minimum atomic E-state index is -0.175. The third kappa shape index (κ3) is 11.6. The lowest BCUT2D eigenvalue weighted by Crippen LogP contribution is -2.27. The molecule has 54 heavy (non-hydrogen) atoms. The number of nitrogens with zero attached hydrogens (tertiary/aromatic N) is 3. The minimum Gasteiger partial charge on any atom is -0.456 e. The number of aromatic nitrogens is 3. The number of pyridine rings is 1. The monoisotopic (exact) mass is 730 g/mol. The SMILES string of the molecule is C=CCn1c(C(/C=C/CC)=C/N)ncc(NC(C)c2ccc3oc4ccccc4c3c2)c1=O.CCCC.CNC/C(C)=C/c1cnccc1[C@H](C)C(C)C. The predicted molar refractivity (Wildman–Crippen MR) is 232 cm³/mol. The van der Waals surface area contributed by atoms with E-state index in [0.29, 0.717) is 35.5 Å². The first-order valence-electron chi connectivity index (χ1n) is 19.3. The van der Waals surface area contributed by atoms with Crippen LogP contribution in [-0.4, -0.2) is 28.1 Å². The summed E-state index contributed by atoms with van der Waals surface area (Å²) < 4.78 is 7.50. The molecule has 0 bridgehead atoms. The highest BCUT2D eigenvalue weighted by Gasteiger charge is 2.16. The molecule has 2 aromatic carbocycles. The Hall–Kier alpha value is -5.21. The highest BCUT2D eigenvalue weighted by Crippen LogP contribution is 2.31. The number of furan rings is 1. The Morgan fingerprint density at radius 2 is 1.72 bits per heavy atom. The Bertz CT molecular complexity index is 2080. The fraction of sp³-hybridized carbons (Fsp3) is 0.370. The van der Waals surface area contributed by atoms with Crippen molar-refractivity contribution in [2.45, 2.75) is 93.2 Å². The fourth-order valence-corrected chi connectivity index (χ4v) is 5.81. The van der Waals surface area contributed by atoms with Gasteiger partial charge in [-0.15, -0.1) is 6.58 Å². The zero-order valence-electron chi connectivity index (χ0n) is 33.9. The van der Waals surface area contributed by atoms with Gasteiger partial charge in [-0.05, 0) is 80.1 Å². The maximum absolute atomic E-state index is 13.3. The number of hydrogen-bond acceptors (Lipinski definition) is 7. The van der Waals surface area contributed by atoms with E-state index >= 15 is 0 Å². The fourth-order valence-electron chi connectivity index (χ4n) is 5.81. The van der Waals surface area contributed by atoms with E-state index in [-0.39, 0.29) is 11.6 Å². The second-order valence-electron chi connectivity index (χ2n) is 13.9. The van der Waals surface area contributed by atoms with Crippen LogP contribution in [0.15, 0.2) is 113 Å². The number of para-hydroxylation sites is 1. The summed E-state index contributed by atoms with van der Waals surface area (Å²) in [6.45, 7) is 22.4. The van der Waals surface area contributed by atoms with Crippen molar-refractivity contribution in [2.75, 3.05) is 18.9 Å². The van der Waals surface area contributed by atoms with E-state index in [2.05, 4.69) is 93.0 Å². The van der Waals surface area contributed by atoms with E-state index in [4.69, 9.17) is 10.2 Å². The molecule has 8 nitrogen and oxygen atoms in total. The number of allylic oxidation sites excluding steroid dienone is 4. The van der Waals surface area contributed by atoms with Gasteiger partial charge in [0.1, 0.15) is 22.7 Å². The maximum Gasteiger partial charge on any atom is 0.277 e. The van der Waals surface area contributed by atoms with Gasteiger partial charge in [-0.25, -0.2) is 4.98 Å². The van der Waals surface area contributed by atoms with Crippen molar-refractivity contribution in [3.05, 3.63) is 137 Å². The van der Waals surface area contributed by atoms with Gasteiger partial charge in [0.2, 0.25) is 0 Å². The van der Waals surface area contributed by atoms with Crippen LogP contribution in [0.1, 0.15) is 109 Å². The molecule has 5 rings (SSSR count). The van der Waals surface area contributed by atoms with Crippen molar-refractivity contribution < 1.29 is 4.42 Å². The number of anilines is 1. The Balaban J connectivity index is 0.000000313. The standard InChI is InChI=1S/C27H28N4O2.C15H24N2.C4H10/c1-4-6-9-20(16-28)26-29-17-23(27(32)31(26)14-5-2)30-18(3)19-12-13-25-22(15-19)21-10-7-8-11-24(21)33-25;1-11(2)13(4)15-6-7-17-10-14(15)8-12(3)9-16-5;1-3-4-2/h5-13,15-18,30H,2,4,14,28H2,1,3H3;6-8,10-11,13,16H,9H2,1-5H3;3-4H2,1-2H3/b9-6+,20-16+;12-8+;/t;13-;/m.1./s1. The van der Waals surface area contributed by atoms with Gasteiger partial charge in [0.05, 0.1) is 6.20 Å².